The first-order valence-electron chi connectivity index (χ1n) is 3.72. The molecule has 1 unspecified atom stereocenters. The predicted octanol–water partition coefficient (Wildman–Crippen LogP) is 2.42. The lowest BCUT2D eigenvalue weighted by molar-refractivity contribution is -0.112. The molecule has 0 N–H and O–H groups in total. The molecule has 10 heavy (non-hydrogen) atoms. The van der Waals surface area contributed by atoms with Crippen LogP contribution < -0.4 is 0 Å². The molecule has 0 saturated carbocycles. The van der Waals surface area contributed by atoms with E-state index in [0.29, 0.717) is 11.8 Å². The van der Waals surface area contributed by atoms with Crippen molar-refractivity contribution in [2.24, 2.45) is 11.8 Å². The van der Waals surface area contributed by atoms with Crippen LogP contribution in [0.3, 0.4) is 0 Å². The Kier molecular flexibility index (Phi) is 4.01. The topological polar surface area (TPSA) is 17.1 Å². The smallest absolute Gasteiger partial charge is 0.152 e. The van der Waals surface area contributed by atoms with E-state index in [4.69, 9.17) is 0 Å². The minimum absolute atomic E-state index is 0.132. The van der Waals surface area contributed by atoms with Gasteiger partial charge in [0.25, 0.3) is 0 Å². The Morgan fingerprint density at radius 1 is 1.30 bits per heavy atom. The van der Waals surface area contributed by atoms with Gasteiger partial charge in [-0.3, -0.25) is 4.79 Å². The maximum absolute atomic E-state index is 10.5. The van der Waals surface area contributed by atoms with E-state index in [-0.39, 0.29) is 5.78 Å². The molecule has 0 radical (unpaired) electrons. The lowest BCUT2D eigenvalue weighted by atomic mass is 9.97. The number of rotatable bonds is 3. The van der Waals surface area contributed by atoms with Crippen LogP contribution in [0.1, 0.15) is 27.7 Å². The molecule has 0 aliphatic heterocycles. The average molecular weight is 140 g/mol. The van der Waals surface area contributed by atoms with Gasteiger partial charge in [-0.05, 0) is 24.8 Å². The molecular weight excluding hydrogens is 124 g/mol. The van der Waals surface area contributed by atoms with Gasteiger partial charge >= 0.3 is 0 Å². The molecule has 0 fully saturated rings. The van der Waals surface area contributed by atoms with E-state index in [1.165, 1.54) is 0 Å². The van der Waals surface area contributed by atoms with Gasteiger partial charge in [-0.1, -0.05) is 26.8 Å². The van der Waals surface area contributed by atoms with Crippen LogP contribution in [0.15, 0.2) is 12.2 Å². The molecule has 0 aromatic heterocycles. The van der Waals surface area contributed by atoms with E-state index in [2.05, 4.69) is 20.8 Å². The number of carbonyl (C=O) groups excluding carboxylic acids is 1. The zero-order valence-corrected chi connectivity index (χ0v) is 7.22. The molecule has 1 heteroatoms. The number of allylic oxidation sites excluding steroid dienone is 2. The molecular formula is C9H16O. The number of hydrogen-bond donors (Lipinski definition) is 0. The molecule has 0 aromatic rings. The van der Waals surface area contributed by atoms with Crippen molar-refractivity contribution in [2.75, 3.05) is 0 Å². The molecule has 0 heterocycles. The molecule has 0 rings (SSSR count). The third-order valence-electron chi connectivity index (χ3n) is 1.69. The predicted molar refractivity (Wildman–Crippen MR) is 43.8 cm³/mol. The van der Waals surface area contributed by atoms with E-state index in [9.17, 15) is 4.79 Å². The molecule has 1 nitrogen and oxygen atoms in total. The Labute approximate surface area is 63.1 Å². The van der Waals surface area contributed by atoms with Crippen molar-refractivity contribution in [3.63, 3.8) is 0 Å². The minimum atomic E-state index is 0.132. The second-order valence-electron chi connectivity index (χ2n) is 3.07. The lowest BCUT2D eigenvalue weighted by Crippen LogP contribution is -1.99. The van der Waals surface area contributed by atoms with Gasteiger partial charge in [-0.25, -0.2) is 0 Å². The van der Waals surface area contributed by atoms with Crippen molar-refractivity contribution in [3.05, 3.63) is 12.2 Å². The molecule has 1 atom stereocenters. The van der Waals surface area contributed by atoms with Crippen LogP contribution in [0.4, 0.5) is 0 Å². The van der Waals surface area contributed by atoms with Gasteiger partial charge in [0.05, 0.1) is 0 Å². The van der Waals surface area contributed by atoms with Crippen molar-refractivity contribution in [2.45, 2.75) is 27.7 Å². The highest BCUT2D eigenvalue weighted by atomic mass is 16.1. The van der Waals surface area contributed by atoms with E-state index < -0.39 is 0 Å². The van der Waals surface area contributed by atoms with Crippen molar-refractivity contribution in [1.29, 1.82) is 0 Å². The van der Waals surface area contributed by atoms with Gasteiger partial charge in [0.2, 0.25) is 0 Å². The molecule has 0 bridgehead atoms. The number of ketones is 1. The maximum Gasteiger partial charge on any atom is 0.152 e. The van der Waals surface area contributed by atoms with Gasteiger partial charge in [0, 0.05) is 0 Å². The molecule has 0 saturated heterocycles. The quantitative estimate of drug-likeness (QED) is 0.550. The molecule has 0 aromatic carbocycles. The first-order chi connectivity index (χ1) is 4.54. The van der Waals surface area contributed by atoms with Gasteiger partial charge < -0.3 is 0 Å². The van der Waals surface area contributed by atoms with Crippen LogP contribution >= 0.6 is 0 Å². The highest BCUT2D eigenvalue weighted by Gasteiger charge is 2.01. The number of hydrogen-bond acceptors (Lipinski definition) is 1. The van der Waals surface area contributed by atoms with Crippen LogP contribution in [0.2, 0.25) is 0 Å². The molecule has 58 valence electrons. The van der Waals surface area contributed by atoms with E-state index in [1.54, 1.807) is 13.0 Å². The van der Waals surface area contributed by atoms with Crippen LogP contribution in [0.5, 0.6) is 0 Å². The molecule has 0 aliphatic carbocycles. The highest BCUT2D eigenvalue weighted by Crippen LogP contribution is 2.10. The van der Waals surface area contributed by atoms with Crippen molar-refractivity contribution in [1.82, 2.24) is 0 Å². The fourth-order valence-corrected chi connectivity index (χ4v) is 0.510. The molecule has 0 spiro atoms. The summed E-state index contributed by atoms with van der Waals surface area (Å²) in [5.74, 6) is 1.26. The summed E-state index contributed by atoms with van der Waals surface area (Å²) in [6.45, 7) is 7.98. The fourth-order valence-electron chi connectivity index (χ4n) is 0.510. The number of carbonyl (C=O) groups is 1. The fraction of sp³-hybridized carbons (Fsp3) is 0.667. The van der Waals surface area contributed by atoms with Gasteiger partial charge in [0.15, 0.2) is 5.78 Å². The second kappa shape index (κ2) is 4.26. The maximum atomic E-state index is 10.5. The largest absolute Gasteiger partial charge is 0.295 e. The lowest BCUT2D eigenvalue weighted by Gasteiger charge is -2.08. The first kappa shape index (κ1) is 9.41. The Bertz CT molecular complexity index is 134. The summed E-state index contributed by atoms with van der Waals surface area (Å²) >= 11 is 0. The van der Waals surface area contributed by atoms with Crippen molar-refractivity contribution in [3.8, 4) is 0 Å². The van der Waals surface area contributed by atoms with Crippen molar-refractivity contribution >= 4 is 5.78 Å². The van der Waals surface area contributed by atoms with Gasteiger partial charge in [0.1, 0.15) is 0 Å². The van der Waals surface area contributed by atoms with Crippen LogP contribution in [0.25, 0.3) is 0 Å². The van der Waals surface area contributed by atoms with E-state index in [1.807, 2.05) is 6.08 Å². The van der Waals surface area contributed by atoms with E-state index >= 15 is 0 Å². The summed E-state index contributed by atoms with van der Waals surface area (Å²) in [6, 6.07) is 0. The van der Waals surface area contributed by atoms with Crippen LogP contribution in [-0.4, -0.2) is 5.78 Å². The summed E-state index contributed by atoms with van der Waals surface area (Å²) in [6.07, 6.45) is 3.61. The van der Waals surface area contributed by atoms with Crippen LogP contribution in [0, 0.1) is 11.8 Å². The average Bonchev–Trinajstić information content (AvgIpc) is 1.82. The summed E-state index contributed by atoms with van der Waals surface area (Å²) in [4.78, 5) is 10.5. The zero-order valence-electron chi connectivity index (χ0n) is 7.22. The monoisotopic (exact) mass is 140 g/mol. The van der Waals surface area contributed by atoms with E-state index in [0.717, 1.165) is 0 Å². The molecule has 0 amide bonds. The van der Waals surface area contributed by atoms with Crippen molar-refractivity contribution < 1.29 is 4.79 Å². The van der Waals surface area contributed by atoms with Crippen LogP contribution in [-0.2, 0) is 4.79 Å². The third kappa shape index (κ3) is 4.30. The second-order valence-corrected chi connectivity index (χ2v) is 3.07. The Morgan fingerprint density at radius 2 is 1.80 bits per heavy atom. The zero-order chi connectivity index (χ0) is 8.15. The molecule has 0 aliphatic rings. The highest BCUT2D eigenvalue weighted by molar-refractivity contribution is 5.87. The summed E-state index contributed by atoms with van der Waals surface area (Å²) in [5.41, 5.74) is 0. The Hall–Kier alpha value is -0.590. The first-order valence-corrected chi connectivity index (χ1v) is 3.72. The summed E-state index contributed by atoms with van der Waals surface area (Å²) in [5, 5.41) is 0. The summed E-state index contributed by atoms with van der Waals surface area (Å²) in [7, 11) is 0. The SMILES string of the molecule is CC(=O)/C=C/C(C)C(C)C. The minimum Gasteiger partial charge on any atom is -0.295 e. The van der Waals surface area contributed by atoms with Gasteiger partial charge in [-0.15, -0.1) is 0 Å². The Morgan fingerprint density at radius 3 is 2.10 bits per heavy atom. The van der Waals surface area contributed by atoms with Gasteiger partial charge in [-0.2, -0.15) is 0 Å². The Balaban J connectivity index is 3.77. The summed E-state index contributed by atoms with van der Waals surface area (Å²) < 4.78 is 0. The normalized spacial score (nSPS) is 14.5. The third-order valence-corrected chi connectivity index (χ3v) is 1.69. The standard InChI is InChI=1S/C9H16O/c1-7(2)8(3)5-6-9(4)10/h5-8H,1-4H3/b6-5+.